The van der Waals surface area contributed by atoms with Crippen LogP contribution in [0, 0.1) is 12.7 Å². The van der Waals surface area contributed by atoms with E-state index in [2.05, 4.69) is 4.98 Å². The first kappa shape index (κ1) is 13.2. The zero-order valence-corrected chi connectivity index (χ0v) is 11.5. The lowest BCUT2D eigenvalue weighted by Crippen LogP contribution is -2.22. The highest BCUT2D eigenvalue weighted by Crippen LogP contribution is 2.21. The maximum atomic E-state index is 13.4. The van der Waals surface area contributed by atoms with E-state index in [4.69, 9.17) is 0 Å². The molecule has 0 amide bonds. The first-order valence-corrected chi connectivity index (χ1v) is 6.57. The Labute approximate surface area is 121 Å². The molecule has 104 valence electrons. The maximum absolute atomic E-state index is 13.4. The third-order valence-corrected chi connectivity index (χ3v) is 3.32. The molecule has 0 atom stereocenters. The molecule has 3 rings (SSSR count). The molecule has 0 unspecified atom stereocenters. The Morgan fingerprint density at radius 3 is 2.52 bits per heavy atom. The monoisotopic (exact) mass is 280 g/mol. The second kappa shape index (κ2) is 5.32. The van der Waals surface area contributed by atoms with Crippen molar-refractivity contribution in [2.24, 2.45) is 0 Å². The van der Waals surface area contributed by atoms with E-state index in [0.29, 0.717) is 11.3 Å². The maximum Gasteiger partial charge on any atom is 0.352 e. The third kappa shape index (κ3) is 2.48. The molecule has 1 heterocycles. The Kier molecular flexibility index (Phi) is 3.36. The molecule has 0 radical (unpaired) electrons. The highest BCUT2D eigenvalue weighted by atomic mass is 19.1. The van der Waals surface area contributed by atoms with Gasteiger partial charge in [0, 0.05) is 6.20 Å². The van der Waals surface area contributed by atoms with Gasteiger partial charge in [-0.05, 0) is 42.3 Å². The Bertz CT molecular complexity index is 841. The van der Waals surface area contributed by atoms with Crippen LogP contribution in [0.25, 0.3) is 16.9 Å². The van der Waals surface area contributed by atoms with Gasteiger partial charge in [0.05, 0.1) is 11.4 Å². The van der Waals surface area contributed by atoms with Crippen molar-refractivity contribution < 1.29 is 4.39 Å². The fraction of sp³-hybridized carbons (Fsp3) is 0.0588. The van der Waals surface area contributed by atoms with Crippen molar-refractivity contribution in [2.45, 2.75) is 6.92 Å². The van der Waals surface area contributed by atoms with Crippen LogP contribution in [-0.4, -0.2) is 9.55 Å². The summed E-state index contributed by atoms with van der Waals surface area (Å²) < 4.78 is 14.9. The molecule has 0 bridgehead atoms. The summed E-state index contributed by atoms with van der Waals surface area (Å²) in [5.74, 6) is -0.294. The Balaban J connectivity index is 2.27. The molecule has 0 N–H and O–H groups in total. The summed E-state index contributed by atoms with van der Waals surface area (Å²) in [5, 5.41) is 0. The summed E-state index contributed by atoms with van der Waals surface area (Å²) in [7, 11) is 0. The summed E-state index contributed by atoms with van der Waals surface area (Å²) in [4.78, 5) is 16.0. The van der Waals surface area contributed by atoms with Crippen molar-refractivity contribution in [1.82, 2.24) is 9.55 Å². The summed E-state index contributed by atoms with van der Waals surface area (Å²) in [6, 6.07) is 15.9. The topological polar surface area (TPSA) is 34.9 Å². The lowest BCUT2D eigenvalue weighted by atomic mass is 10.1. The van der Waals surface area contributed by atoms with Crippen LogP contribution in [-0.2, 0) is 0 Å². The average Bonchev–Trinajstić information content (AvgIpc) is 2.51. The second-order valence-electron chi connectivity index (χ2n) is 4.75. The number of rotatable bonds is 2. The van der Waals surface area contributed by atoms with Crippen LogP contribution < -0.4 is 5.69 Å². The lowest BCUT2D eigenvalue weighted by Gasteiger charge is -2.12. The molecule has 0 aliphatic rings. The van der Waals surface area contributed by atoms with E-state index in [1.54, 1.807) is 25.1 Å². The van der Waals surface area contributed by atoms with E-state index in [9.17, 15) is 9.18 Å². The molecule has 1 aromatic heterocycles. The van der Waals surface area contributed by atoms with Crippen molar-refractivity contribution in [3.8, 4) is 16.9 Å². The molecule has 0 saturated carbocycles. The van der Waals surface area contributed by atoms with Crippen molar-refractivity contribution in [3.63, 3.8) is 0 Å². The molecule has 3 aromatic rings. The first-order chi connectivity index (χ1) is 10.2. The molecule has 4 heteroatoms. The van der Waals surface area contributed by atoms with Gasteiger partial charge in [-0.25, -0.2) is 14.2 Å². The summed E-state index contributed by atoms with van der Waals surface area (Å²) in [6.45, 7) is 1.67. The highest BCUT2D eigenvalue weighted by molar-refractivity contribution is 5.61. The van der Waals surface area contributed by atoms with Crippen LogP contribution in [0.15, 0.2) is 65.6 Å². The Morgan fingerprint density at radius 2 is 1.81 bits per heavy atom. The predicted octanol–water partition coefficient (Wildman–Crippen LogP) is 3.35. The Hall–Kier alpha value is -2.75. The van der Waals surface area contributed by atoms with Crippen molar-refractivity contribution in [3.05, 3.63) is 82.7 Å². The number of halogens is 1. The van der Waals surface area contributed by atoms with Gasteiger partial charge in [0.2, 0.25) is 0 Å². The molecular weight excluding hydrogens is 267 g/mol. The molecule has 0 saturated heterocycles. The van der Waals surface area contributed by atoms with Gasteiger partial charge in [-0.3, -0.25) is 4.57 Å². The van der Waals surface area contributed by atoms with E-state index in [1.807, 2.05) is 30.3 Å². The second-order valence-corrected chi connectivity index (χ2v) is 4.75. The summed E-state index contributed by atoms with van der Waals surface area (Å²) in [6.07, 6.45) is 1.48. The molecule has 0 spiro atoms. The van der Waals surface area contributed by atoms with Gasteiger partial charge in [0.25, 0.3) is 0 Å². The smallest absolute Gasteiger partial charge is 0.261 e. The normalized spacial score (nSPS) is 10.6. The fourth-order valence-corrected chi connectivity index (χ4v) is 2.26. The van der Waals surface area contributed by atoms with Gasteiger partial charge in [0.1, 0.15) is 5.82 Å². The molecule has 21 heavy (non-hydrogen) atoms. The highest BCUT2D eigenvalue weighted by Gasteiger charge is 2.10. The zero-order chi connectivity index (χ0) is 14.8. The molecule has 0 aliphatic carbocycles. The van der Waals surface area contributed by atoms with Crippen molar-refractivity contribution in [2.75, 3.05) is 0 Å². The molecular formula is C17H13FN2O. The van der Waals surface area contributed by atoms with Gasteiger partial charge in [0.15, 0.2) is 0 Å². The minimum Gasteiger partial charge on any atom is -0.261 e. The Morgan fingerprint density at radius 1 is 1.05 bits per heavy atom. The molecule has 0 aliphatic heterocycles. The quantitative estimate of drug-likeness (QED) is 0.721. The van der Waals surface area contributed by atoms with Crippen LogP contribution in [0.4, 0.5) is 4.39 Å². The van der Waals surface area contributed by atoms with Gasteiger partial charge in [-0.1, -0.05) is 30.3 Å². The number of aromatic nitrogens is 2. The lowest BCUT2D eigenvalue weighted by molar-refractivity contribution is 0.618. The van der Waals surface area contributed by atoms with Gasteiger partial charge in [-0.2, -0.15) is 0 Å². The van der Waals surface area contributed by atoms with Crippen molar-refractivity contribution in [1.29, 1.82) is 0 Å². The number of aryl methyl sites for hydroxylation is 1. The molecule has 2 aromatic carbocycles. The summed E-state index contributed by atoms with van der Waals surface area (Å²) >= 11 is 0. The van der Waals surface area contributed by atoms with Crippen LogP contribution in [0.1, 0.15) is 5.56 Å². The zero-order valence-electron chi connectivity index (χ0n) is 11.5. The molecule has 0 fully saturated rings. The van der Waals surface area contributed by atoms with E-state index in [-0.39, 0.29) is 11.5 Å². The largest absolute Gasteiger partial charge is 0.352 e. The fourth-order valence-electron chi connectivity index (χ4n) is 2.26. The van der Waals surface area contributed by atoms with Gasteiger partial charge in [-0.15, -0.1) is 0 Å². The minimum absolute atomic E-state index is 0.294. The van der Waals surface area contributed by atoms with Crippen LogP contribution in [0.2, 0.25) is 0 Å². The summed E-state index contributed by atoms with van der Waals surface area (Å²) in [5.41, 5.74) is 2.33. The average molecular weight is 280 g/mol. The SMILES string of the molecule is Cc1cc(-n2c(-c3ccccc3)ccnc2=O)ccc1F. The van der Waals surface area contributed by atoms with Gasteiger partial charge >= 0.3 is 5.69 Å². The van der Waals surface area contributed by atoms with Crippen LogP contribution in [0.5, 0.6) is 0 Å². The van der Waals surface area contributed by atoms with Gasteiger partial charge < -0.3 is 0 Å². The number of hydrogen-bond acceptors (Lipinski definition) is 2. The van der Waals surface area contributed by atoms with E-state index < -0.39 is 0 Å². The number of benzene rings is 2. The predicted molar refractivity (Wildman–Crippen MR) is 80.0 cm³/mol. The number of nitrogens with zero attached hydrogens (tertiary/aromatic N) is 2. The molecule has 3 nitrogen and oxygen atoms in total. The number of hydrogen-bond donors (Lipinski definition) is 0. The van der Waals surface area contributed by atoms with Crippen LogP contribution in [0.3, 0.4) is 0 Å². The van der Waals surface area contributed by atoms with E-state index in [1.165, 1.54) is 16.8 Å². The van der Waals surface area contributed by atoms with E-state index >= 15 is 0 Å². The van der Waals surface area contributed by atoms with Crippen molar-refractivity contribution >= 4 is 0 Å². The third-order valence-electron chi connectivity index (χ3n) is 3.32. The minimum atomic E-state index is -0.387. The van der Waals surface area contributed by atoms with Crippen LogP contribution >= 0.6 is 0 Å². The van der Waals surface area contributed by atoms with E-state index in [0.717, 1.165) is 11.3 Å². The first-order valence-electron chi connectivity index (χ1n) is 6.57. The standard InChI is InChI=1S/C17H13FN2O/c1-12-11-14(7-8-15(12)18)20-16(9-10-19-17(20)21)13-5-3-2-4-6-13/h2-11H,1H3.